The summed E-state index contributed by atoms with van der Waals surface area (Å²) < 4.78 is 0. The summed E-state index contributed by atoms with van der Waals surface area (Å²) in [4.78, 5) is 26.5. The fraction of sp³-hybridized carbons (Fsp3) is 0. The van der Waals surface area contributed by atoms with Gasteiger partial charge in [0, 0.05) is 0 Å². The molecule has 0 unspecified atom stereocenters. The molecule has 0 fully saturated rings. The Morgan fingerprint density at radius 1 is 1.64 bits per heavy atom. The lowest BCUT2D eigenvalue weighted by Gasteiger charge is -1.93. The van der Waals surface area contributed by atoms with Gasteiger partial charge < -0.3 is 16.5 Å². The maximum atomic E-state index is 10.6. The van der Waals surface area contributed by atoms with Crippen LogP contribution in [0.25, 0.3) is 0 Å². The van der Waals surface area contributed by atoms with Crippen LogP contribution in [0, 0.1) is 6.07 Å². The Hall–Kier alpha value is -1.85. The van der Waals surface area contributed by atoms with Gasteiger partial charge in [0.2, 0.25) is 5.82 Å². The van der Waals surface area contributed by atoms with Crippen molar-refractivity contribution >= 4 is 11.7 Å². The molecular formula is C5H5N4O2. The van der Waals surface area contributed by atoms with E-state index >= 15 is 0 Å². The number of aromatic amines is 1. The van der Waals surface area contributed by atoms with Gasteiger partial charge in [0.1, 0.15) is 5.82 Å². The highest BCUT2D eigenvalue weighted by atomic mass is 16.1. The van der Waals surface area contributed by atoms with Crippen molar-refractivity contribution in [2.75, 3.05) is 5.73 Å². The number of anilines is 1. The first-order valence-electron chi connectivity index (χ1n) is 2.68. The molecule has 0 saturated heterocycles. The van der Waals surface area contributed by atoms with Gasteiger partial charge in [-0.1, -0.05) is 0 Å². The van der Waals surface area contributed by atoms with E-state index in [-0.39, 0.29) is 11.6 Å². The summed E-state index contributed by atoms with van der Waals surface area (Å²) >= 11 is 0. The van der Waals surface area contributed by atoms with Gasteiger partial charge in [-0.2, -0.15) is 0 Å². The number of carbonyl (C=O) groups is 1. The molecule has 57 valence electrons. The van der Waals surface area contributed by atoms with Crippen LogP contribution in [0.4, 0.5) is 5.82 Å². The number of hydrogen-bond acceptors (Lipinski definition) is 4. The Labute approximate surface area is 61.2 Å². The molecule has 11 heavy (non-hydrogen) atoms. The molecule has 1 aromatic rings. The second-order valence-corrected chi connectivity index (χ2v) is 1.79. The van der Waals surface area contributed by atoms with E-state index < -0.39 is 11.5 Å². The summed E-state index contributed by atoms with van der Waals surface area (Å²) in [5, 5.41) is 0. The number of carbonyl (C=O) groups excluding carboxylic acids is 1. The second kappa shape index (κ2) is 2.41. The first kappa shape index (κ1) is 7.26. The smallest absolute Gasteiger partial charge is 0.284 e. The number of aromatic nitrogens is 2. The lowest BCUT2D eigenvalue weighted by molar-refractivity contribution is 0.0990. The number of nitrogens with one attached hydrogen (secondary N) is 1. The van der Waals surface area contributed by atoms with Crippen molar-refractivity contribution in [2.45, 2.75) is 0 Å². The average Bonchev–Trinajstić information content (AvgIpc) is 1.85. The number of rotatable bonds is 1. The molecule has 0 bridgehead atoms. The van der Waals surface area contributed by atoms with Crippen molar-refractivity contribution in [1.82, 2.24) is 9.97 Å². The van der Waals surface area contributed by atoms with Crippen LogP contribution in [0.2, 0.25) is 0 Å². The Morgan fingerprint density at radius 3 is 2.73 bits per heavy atom. The molecule has 1 rings (SSSR count). The molecule has 6 nitrogen and oxygen atoms in total. The molecule has 0 aliphatic heterocycles. The summed E-state index contributed by atoms with van der Waals surface area (Å²) in [6.45, 7) is 0. The molecule has 1 radical (unpaired) electrons. The predicted molar refractivity (Wildman–Crippen MR) is 36.6 cm³/mol. The van der Waals surface area contributed by atoms with Crippen LogP contribution in [-0.2, 0) is 0 Å². The van der Waals surface area contributed by atoms with E-state index in [2.05, 4.69) is 16.0 Å². The van der Waals surface area contributed by atoms with Crippen molar-refractivity contribution in [1.29, 1.82) is 0 Å². The number of hydrogen-bond donors (Lipinski definition) is 3. The molecule has 0 saturated carbocycles. The zero-order chi connectivity index (χ0) is 8.43. The second-order valence-electron chi connectivity index (χ2n) is 1.79. The van der Waals surface area contributed by atoms with Crippen molar-refractivity contribution in [2.24, 2.45) is 5.73 Å². The number of nitrogen functional groups attached to an aromatic ring is 1. The minimum Gasteiger partial charge on any atom is -0.383 e. The molecule has 0 spiro atoms. The highest BCUT2D eigenvalue weighted by Gasteiger charge is 2.03. The maximum Gasteiger partial charge on any atom is 0.284 e. The van der Waals surface area contributed by atoms with E-state index in [0.717, 1.165) is 0 Å². The molecule has 1 aromatic heterocycles. The fourth-order valence-corrected chi connectivity index (χ4v) is 0.548. The van der Waals surface area contributed by atoms with E-state index in [1.54, 1.807) is 0 Å². The van der Waals surface area contributed by atoms with Crippen molar-refractivity contribution < 1.29 is 4.79 Å². The average molecular weight is 153 g/mol. The van der Waals surface area contributed by atoms with Crippen LogP contribution in [0.1, 0.15) is 10.6 Å². The van der Waals surface area contributed by atoms with Crippen molar-refractivity contribution in [3.63, 3.8) is 0 Å². The van der Waals surface area contributed by atoms with Gasteiger partial charge in [-0.05, 0) is 0 Å². The van der Waals surface area contributed by atoms with Gasteiger partial charge in [-0.15, -0.1) is 0 Å². The number of nitrogens with zero attached hydrogens (tertiary/aromatic N) is 1. The largest absolute Gasteiger partial charge is 0.383 e. The Kier molecular flexibility index (Phi) is 1.59. The van der Waals surface area contributed by atoms with Gasteiger partial charge in [-0.3, -0.25) is 9.59 Å². The lowest BCUT2D eigenvalue weighted by atomic mass is 10.5. The fourth-order valence-electron chi connectivity index (χ4n) is 0.548. The first-order chi connectivity index (χ1) is 5.09. The topological polar surface area (TPSA) is 115 Å². The third-order valence-corrected chi connectivity index (χ3v) is 0.939. The third-order valence-electron chi connectivity index (χ3n) is 0.939. The van der Waals surface area contributed by atoms with Gasteiger partial charge in [0.25, 0.3) is 11.5 Å². The van der Waals surface area contributed by atoms with Crippen molar-refractivity contribution in [3.05, 3.63) is 22.2 Å². The minimum absolute atomic E-state index is 0.150. The van der Waals surface area contributed by atoms with E-state index in [4.69, 9.17) is 11.5 Å². The van der Waals surface area contributed by atoms with E-state index in [9.17, 15) is 9.59 Å². The molecule has 0 atom stereocenters. The van der Waals surface area contributed by atoms with Gasteiger partial charge in [0.05, 0.1) is 6.07 Å². The lowest BCUT2D eigenvalue weighted by Crippen LogP contribution is -2.21. The molecule has 1 heterocycles. The van der Waals surface area contributed by atoms with Gasteiger partial charge in [-0.25, -0.2) is 4.98 Å². The summed E-state index contributed by atoms with van der Waals surface area (Å²) in [5.74, 6) is -1.24. The Bertz CT molecular complexity index is 343. The van der Waals surface area contributed by atoms with E-state index in [0.29, 0.717) is 0 Å². The van der Waals surface area contributed by atoms with Crippen LogP contribution in [0.5, 0.6) is 0 Å². The molecular weight excluding hydrogens is 148 g/mol. The number of H-pyrrole nitrogens is 1. The summed E-state index contributed by atoms with van der Waals surface area (Å²) in [6, 6.07) is 2.11. The first-order valence-corrected chi connectivity index (χ1v) is 2.68. The molecule has 1 amide bonds. The number of amides is 1. The van der Waals surface area contributed by atoms with Crippen LogP contribution >= 0.6 is 0 Å². The Balaban J connectivity index is 3.30. The Morgan fingerprint density at radius 2 is 2.27 bits per heavy atom. The number of primary amides is 1. The van der Waals surface area contributed by atoms with Crippen LogP contribution < -0.4 is 17.0 Å². The summed E-state index contributed by atoms with van der Waals surface area (Å²) in [5.41, 5.74) is 9.29. The zero-order valence-electron chi connectivity index (χ0n) is 5.42. The normalized spacial score (nSPS) is 9.45. The molecule has 0 aliphatic rings. The quantitative estimate of drug-likeness (QED) is 0.443. The van der Waals surface area contributed by atoms with Crippen molar-refractivity contribution in [3.8, 4) is 0 Å². The van der Waals surface area contributed by atoms with Gasteiger partial charge in [0.15, 0.2) is 0 Å². The molecule has 0 aromatic carbocycles. The highest BCUT2D eigenvalue weighted by molar-refractivity contribution is 5.88. The molecule has 0 aliphatic carbocycles. The van der Waals surface area contributed by atoms with Crippen LogP contribution in [-0.4, -0.2) is 15.9 Å². The third kappa shape index (κ3) is 1.54. The minimum atomic E-state index is -0.831. The molecule has 5 N–H and O–H groups in total. The molecule has 6 heteroatoms. The maximum absolute atomic E-state index is 10.6. The highest BCUT2D eigenvalue weighted by Crippen LogP contribution is 1.88. The van der Waals surface area contributed by atoms with Gasteiger partial charge >= 0.3 is 0 Å². The van der Waals surface area contributed by atoms with Crippen LogP contribution in [0.3, 0.4) is 0 Å². The summed E-state index contributed by atoms with van der Waals surface area (Å²) in [6.07, 6.45) is 0. The van der Waals surface area contributed by atoms with E-state index in [1.807, 2.05) is 0 Å². The zero-order valence-corrected chi connectivity index (χ0v) is 5.42. The summed E-state index contributed by atoms with van der Waals surface area (Å²) in [7, 11) is 0. The predicted octanol–water partition coefficient (Wildman–Crippen LogP) is -1.75. The van der Waals surface area contributed by atoms with Crippen LogP contribution in [0.15, 0.2) is 4.79 Å². The van der Waals surface area contributed by atoms with E-state index in [1.165, 1.54) is 0 Å². The SMILES string of the molecule is NC(=O)c1nc(N)[c]c(=O)[nH]1. The number of nitrogens with two attached hydrogens (primary N) is 2. The standard InChI is InChI=1S/C5H5N4O2/c6-2-1-3(10)9-5(8-2)4(7)11/h(H2,7,11)(H3,6,8,9,10). The monoisotopic (exact) mass is 153 g/mol.